The first-order valence-electron chi connectivity index (χ1n) is 5.74. The fourth-order valence-corrected chi connectivity index (χ4v) is 2.56. The summed E-state index contributed by atoms with van der Waals surface area (Å²) in [6, 6.07) is 0.641. The zero-order valence-corrected chi connectivity index (χ0v) is 9.61. The highest BCUT2D eigenvalue weighted by molar-refractivity contribution is 5.76. The summed E-state index contributed by atoms with van der Waals surface area (Å²) in [7, 11) is 3.64. The Morgan fingerprint density at radius 1 is 1.20 bits per heavy atom. The van der Waals surface area contributed by atoms with Gasteiger partial charge in [-0.05, 0) is 39.4 Å². The van der Waals surface area contributed by atoms with Gasteiger partial charge in [-0.25, -0.2) is 0 Å². The van der Waals surface area contributed by atoms with E-state index < -0.39 is 0 Å². The van der Waals surface area contributed by atoms with E-state index in [2.05, 4.69) is 16.8 Å². The van der Waals surface area contributed by atoms with E-state index in [4.69, 9.17) is 4.74 Å². The molecule has 1 atom stereocenters. The molecule has 4 nitrogen and oxygen atoms in total. The van der Waals surface area contributed by atoms with Crippen LogP contribution in [-0.2, 0) is 9.53 Å². The SMILES string of the molecule is COC(=O)[C@H]1CCN1C1CCN(C)CC1. The summed E-state index contributed by atoms with van der Waals surface area (Å²) in [5.41, 5.74) is 0. The van der Waals surface area contributed by atoms with E-state index in [0.717, 1.165) is 26.1 Å². The van der Waals surface area contributed by atoms with Gasteiger partial charge in [0.2, 0.25) is 0 Å². The van der Waals surface area contributed by atoms with Crippen molar-refractivity contribution in [2.75, 3.05) is 33.8 Å². The molecule has 0 aromatic heterocycles. The van der Waals surface area contributed by atoms with Gasteiger partial charge in [0.1, 0.15) is 6.04 Å². The standard InChI is InChI=1S/C11H20N2O2/c1-12-6-3-9(4-7-12)13-8-5-10(13)11(14)15-2/h9-10H,3-8H2,1-2H3/t10-/m1/s1. The van der Waals surface area contributed by atoms with E-state index in [0.29, 0.717) is 6.04 Å². The Bertz CT molecular complexity index is 237. The Balaban J connectivity index is 1.86. The largest absolute Gasteiger partial charge is 0.468 e. The summed E-state index contributed by atoms with van der Waals surface area (Å²) in [6.07, 6.45) is 3.34. The predicted molar refractivity (Wildman–Crippen MR) is 57.6 cm³/mol. The van der Waals surface area contributed by atoms with Crippen LogP contribution in [0.5, 0.6) is 0 Å². The smallest absolute Gasteiger partial charge is 0.323 e. The first kappa shape index (κ1) is 10.9. The van der Waals surface area contributed by atoms with Crippen molar-refractivity contribution in [1.82, 2.24) is 9.80 Å². The highest BCUT2D eigenvalue weighted by Gasteiger charge is 2.39. The molecule has 0 aromatic carbocycles. The Labute approximate surface area is 91.2 Å². The first-order chi connectivity index (χ1) is 7.22. The van der Waals surface area contributed by atoms with Gasteiger partial charge in [0.25, 0.3) is 0 Å². The minimum absolute atomic E-state index is 0.0448. The summed E-state index contributed by atoms with van der Waals surface area (Å²) >= 11 is 0. The molecule has 86 valence electrons. The number of methoxy groups -OCH3 is 1. The average molecular weight is 212 g/mol. The first-order valence-corrected chi connectivity index (χ1v) is 5.74. The van der Waals surface area contributed by atoms with Crippen LogP contribution in [0, 0.1) is 0 Å². The second-order valence-corrected chi connectivity index (χ2v) is 4.60. The molecule has 0 aliphatic carbocycles. The highest BCUT2D eigenvalue weighted by atomic mass is 16.5. The lowest BCUT2D eigenvalue weighted by atomic mass is 9.94. The van der Waals surface area contributed by atoms with Gasteiger partial charge >= 0.3 is 5.97 Å². The lowest BCUT2D eigenvalue weighted by Crippen LogP contribution is -2.59. The van der Waals surface area contributed by atoms with E-state index in [-0.39, 0.29) is 12.0 Å². The number of likely N-dealkylation sites (tertiary alicyclic amines) is 2. The second-order valence-electron chi connectivity index (χ2n) is 4.60. The van der Waals surface area contributed by atoms with Crippen LogP contribution < -0.4 is 0 Å². The van der Waals surface area contributed by atoms with Crippen LogP contribution in [0.2, 0.25) is 0 Å². The average Bonchev–Trinajstić information content (AvgIpc) is 2.19. The van der Waals surface area contributed by atoms with Gasteiger partial charge in [-0.1, -0.05) is 0 Å². The molecule has 4 heteroatoms. The van der Waals surface area contributed by atoms with Crippen molar-refractivity contribution in [1.29, 1.82) is 0 Å². The Hall–Kier alpha value is -0.610. The third-order valence-electron chi connectivity index (χ3n) is 3.69. The maximum Gasteiger partial charge on any atom is 0.323 e. The van der Waals surface area contributed by atoms with Gasteiger partial charge in [0, 0.05) is 12.6 Å². The lowest BCUT2D eigenvalue weighted by molar-refractivity contribution is -0.154. The highest BCUT2D eigenvalue weighted by Crippen LogP contribution is 2.27. The molecule has 0 spiro atoms. The molecule has 2 aliphatic rings. The molecular formula is C11H20N2O2. The number of hydrogen-bond donors (Lipinski definition) is 0. The maximum atomic E-state index is 11.4. The molecular weight excluding hydrogens is 192 g/mol. The molecule has 0 saturated carbocycles. The fourth-order valence-electron chi connectivity index (χ4n) is 2.56. The number of piperidine rings is 1. The van der Waals surface area contributed by atoms with Gasteiger partial charge in [-0.15, -0.1) is 0 Å². The zero-order chi connectivity index (χ0) is 10.8. The molecule has 0 radical (unpaired) electrons. The number of hydrogen-bond acceptors (Lipinski definition) is 4. The lowest BCUT2D eigenvalue weighted by Gasteiger charge is -2.46. The normalized spacial score (nSPS) is 29.9. The van der Waals surface area contributed by atoms with E-state index in [1.165, 1.54) is 20.0 Å². The van der Waals surface area contributed by atoms with Crippen LogP contribution in [0.4, 0.5) is 0 Å². The van der Waals surface area contributed by atoms with Crippen molar-refractivity contribution in [3.05, 3.63) is 0 Å². The molecule has 2 heterocycles. The minimum atomic E-state index is -0.0554. The van der Waals surface area contributed by atoms with Crippen LogP contribution in [-0.4, -0.2) is 61.6 Å². The van der Waals surface area contributed by atoms with Crippen molar-refractivity contribution < 1.29 is 9.53 Å². The number of carbonyl (C=O) groups is 1. The van der Waals surface area contributed by atoms with Crippen molar-refractivity contribution in [2.45, 2.75) is 31.3 Å². The Kier molecular flexibility index (Phi) is 3.26. The fraction of sp³-hybridized carbons (Fsp3) is 0.909. The van der Waals surface area contributed by atoms with E-state index in [1.54, 1.807) is 0 Å². The number of ether oxygens (including phenoxy) is 1. The van der Waals surface area contributed by atoms with Crippen molar-refractivity contribution in [3.63, 3.8) is 0 Å². The van der Waals surface area contributed by atoms with E-state index in [1.807, 2.05) is 0 Å². The van der Waals surface area contributed by atoms with Crippen LogP contribution in [0.1, 0.15) is 19.3 Å². The predicted octanol–water partition coefficient (Wildman–Crippen LogP) is 0.328. The van der Waals surface area contributed by atoms with Gasteiger partial charge in [0.15, 0.2) is 0 Å². The van der Waals surface area contributed by atoms with Gasteiger partial charge in [-0.2, -0.15) is 0 Å². The number of nitrogens with zero attached hydrogens (tertiary/aromatic N) is 2. The number of esters is 1. The molecule has 0 aromatic rings. The zero-order valence-electron chi connectivity index (χ0n) is 9.61. The summed E-state index contributed by atoms with van der Waals surface area (Å²) in [4.78, 5) is 16.1. The Morgan fingerprint density at radius 2 is 1.87 bits per heavy atom. The van der Waals surface area contributed by atoms with Crippen molar-refractivity contribution in [2.24, 2.45) is 0 Å². The van der Waals surface area contributed by atoms with Crippen LogP contribution in [0.25, 0.3) is 0 Å². The van der Waals surface area contributed by atoms with Gasteiger partial charge < -0.3 is 9.64 Å². The van der Waals surface area contributed by atoms with Gasteiger partial charge in [0.05, 0.1) is 7.11 Å². The van der Waals surface area contributed by atoms with Crippen LogP contribution in [0.3, 0.4) is 0 Å². The van der Waals surface area contributed by atoms with Crippen LogP contribution in [0.15, 0.2) is 0 Å². The minimum Gasteiger partial charge on any atom is -0.468 e. The van der Waals surface area contributed by atoms with E-state index >= 15 is 0 Å². The maximum absolute atomic E-state index is 11.4. The molecule has 0 unspecified atom stereocenters. The molecule has 0 N–H and O–H groups in total. The topological polar surface area (TPSA) is 32.8 Å². The Morgan fingerprint density at radius 3 is 2.33 bits per heavy atom. The molecule has 2 rings (SSSR count). The summed E-state index contributed by atoms with van der Waals surface area (Å²) in [5.74, 6) is -0.0554. The monoisotopic (exact) mass is 212 g/mol. The summed E-state index contributed by atoms with van der Waals surface area (Å²) in [6.45, 7) is 3.36. The summed E-state index contributed by atoms with van der Waals surface area (Å²) < 4.78 is 4.81. The molecule has 15 heavy (non-hydrogen) atoms. The number of carbonyl (C=O) groups excluding carboxylic acids is 1. The van der Waals surface area contributed by atoms with Crippen molar-refractivity contribution >= 4 is 5.97 Å². The number of rotatable bonds is 2. The third-order valence-corrected chi connectivity index (χ3v) is 3.69. The molecule has 2 saturated heterocycles. The van der Waals surface area contributed by atoms with Crippen molar-refractivity contribution in [3.8, 4) is 0 Å². The molecule has 2 fully saturated rings. The molecule has 0 bridgehead atoms. The quantitative estimate of drug-likeness (QED) is 0.617. The van der Waals surface area contributed by atoms with Crippen LogP contribution >= 0.6 is 0 Å². The third kappa shape index (κ3) is 2.16. The van der Waals surface area contributed by atoms with Gasteiger partial charge in [-0.3, -0.25) is 9.69 Å². The van der Waals surface area contributed by atoms with E-state index in [9.17, 15) is 4.79 Å². The second kappa shape index (κ2) is 4.49. The molecule has 0 amide bonds. The molecule has 2 aliphatic heterocycles. The summed E-state index contributed by atoms with van der Waals surface area (Å²) in [5, 5.41) is 0.